The predicted molar refractivity (Wildman–Crippen MR) is 127 cm³/mol. The van der Waals surface area contributed by atoms with E-state index < -0.39 is 5.82 Å². The summed E-state index contributed by atoms with van der Waals surface area (Å²) in [6.07, 6.45) is 12.3. The number of ether oxygens (including phenoxy) is 1. The molecule has 1 heterocycles. The second-order valence-electron chi connectivity index (χ2n) is 7.51. The molecule has 0 atom stereocenters. The average Bonchev–Trinajstić information content (AvgIpc) is 2.98. The maximum absolute atomic E-state index is 14.4. The third-order valence-corrected chi connectivity index (χ3v) is 5.51. The van der Waals surface area contributed by atoms with Crippen LogP contribution < -0.4 is 10.1 Å². The van der Waals surface area contributed by atoms with Crippen LogP contribution in [-0.2, 0) is 6.42 Å². The van der Waals surface area contributed by atoms with Crippen LogP contribution in [0.5, 0.6) is 5.75 Å². The largest absolute Gasteiger partial charge is 0.508 e. The van der Waals surface area contributed by atoms with Crippen LogP contribution in [0.1, 0.15) is 56.5 Å². The van der Waals surface area contributed by atoms with Gasteiger partial charge < -0.3 is 20.1 Å². The van der Waals surface area contributed by atoms with Gasteiger partial charge in [0.1, 0.15) is 5.76 Å². The molecule has 0 unspecified atom stereocenters. The molecular formula is C26H31FN2O2. The molecule has 0 saturated carbocycles. The molecule has 1 aromatic heterocycles. The highest BCUT2D eigenvalue weighted by atomic mass is 19.1. The van der Waals surface area contributed by atoms with Crippen LogP contribution in [0.15, 0.2) is 54.8 Å². The van der Waals surface area contributed by atoms with Crippen molar-refractivity contribution in [2.45, 2.75) is 46.0 Å². The van der Waals surface area contributed by atoms with Crippen LogP contribution in [0.2, 0.25) is 0 Å². The first-order valence-electron chi connectivity index (χ1n) is 10.8. The SMILES string of the molecule is C=C/C=C(\C(O)=C/C)c1[nH]c2c(c1Nc1cccc(F)c1OC)C(=CCC)CCCC2. The van der Waals surface area contributed by atoms with Crippen molar-refractivity contribution in [1.82, 2.24) is 4.98 Å². The number of anilines is 2. The number of aliphatic hydroxyl groups excluding tert-OH is 1. The van der Waals surface area contributed by atoms with E-state index in [0.717, 1.165) is 54.7 Å². The van der Waals surface area contributed by atoms with E-state index in [-0.39, 0.29) is 11.5 Å². The van der Waals surface area contributed by atoms with E-state index in [0.29, 0.717) is 11.3 Å². The molecule has 4 nitrogen and oxygen atoms in total. The summed E-state index contributed by atoms with van der Waals surface area (Å²) in [7, 11) is 1.46. The Morgan fingerprint density at radius 1 is 1.32 bits per heavy atom. The zero-order chi connectivity index (χ0) is 22.4. The fourth-order valence-corrected chi connectivity index (χ4v) is 4.13. The molecule has 1 aliphatic rings. The molecule has 0 amide bonds. The standard InChI is InChI=1S/C26H31FN2O2/c1-5-11-17-13-8-9-15-20-23(17)25(24(28-20)18(12-6-2)22(30)7-3)29-21-16-10-14-19(27)26(21)31-4/h6-7,10-12,14,16,28-30H,2,5,8-9,13,15H2,1,3-4H3/b17-11?,18-12+,22-7+. The molecule has 0 spiro atoms. The van der Waals surface area contributed by atoms with Gasteiger partial charge in [-0.2, -0.15) is 0 Å². The maximum Gasteiger partial charge on any atom is 0.177 e. The van der Waals surface area contributed by atoms with Gasteiger partial charge in [0.05, 0.1) is 24.2 Å². The number of benzene rings is 1. The zero-order valence-corrected chi connectivity index (χ0v) is 18.5. The lowest BCUT2D eigenvalue weighted by Gasteiger charge is -2.16. The Balaban J connectivity index is 2.30. The number of para-hydroxylation sites is 1. The fraction of sp³-hybridized carbons (Fsp3) is 0.308. The first-order chi connectivity index (χ1) is 15.0. The summed E-state index contributed by atoms with van der Waals surface area (Å²) in [5, 5.41) is 14.0. The molecule has 164 valence electrons. The van der Waals surface area contributed by atoms with Crippen LogP contribution in [-0.4, -0.2) is 17.2 Å². The van der Waals surface area contributed by atoms with Gasteiger partial charge in [-0.1, -0.05) is 31.7 Å². The Morgan fingerprint density at radius 2 is 2.10 bits per heavy atom. The minimum atomic E-state index is -0.432. The number of hydrogen-bond donors (Lipinski definition) is 3. The summed E-state index contributed by atoms with van der Waals surface area (Å²) in [4.78, 5) is 3.55. The minimum absolute atomic E-state index is 0.145. The van der Waals surface area contributed by atoms with Crippen molar-refractivity contribution in [2.75, 3.05) is 12.4 Å². The third kappa shape index (κ3) is 4.61. The lowest BCUT2D eigenvalue weighted by Crippen LogP contribution is -2.01. The number of aryl methyl sites for hydroxylation is 1. The van der Waals surface area contributed by atoms with Gasteiger partial charge in [0.15, 0.2) is 11.6 Å². The number of aromatic nitrogens is 1. The second kappa shape index (κ2) is 10.2. The average molecular weight is 423 g/mol. The monoisotopic (exact) mass is 422 g/mol. The zero-order valence-electron chi connectivity index (χ0n) is 18.5. The first-order valence-corrected chi connectivity index (χ1v) is 10.8. The number of allylic oxidation sites excluding steroid dienone is 6. The van der Waals surface area contributed by atoms with Crippen LogP contribution in [0.25, 0.3) is 11.1 Å². The highest BCUT2D eigenvalue weighted by Gasteiger charge is 2.26. The lowest BCUT2D eigenvalue weighted by atomic mass is 9.98. The van der Waals surface area contributed by atoms with E-state index in [1.54, 1.807) is 37.3 Å². The van der Waals surface area contributed by atoms with Crippen LogP contribution >= 0.6 is 0 Å². The van der Waals surface area contributed by atoms with E-state index in [1.165, 1.54) is 18.7 Å². The topological polar surface area (TPSA) is 57.3 Å². The normalized spacial score (nSPS) is 16.1. The van der Waals surface area contributed by atoms with E-state index in [9.17, 15) is 9.50 Å². The fourth-order valence-electron chi connectivity index (χ4n) is 4.13. The van der Waals surface area contributed by atoms with E-state index >= 15 is 0 Å². The molecule has 1 aliphatic carbocycles. The van der Waals surface area contributed by atoms with Crippen molar-refractivity contribution in [3.63, 3.8) is 0 Å². The molecule has 0 bridgehead atoms. The highest BCUT2D eigenvalue weighted by Crippen LogP contribution is 2.43. The molecule has 1 aromatic carbocycles. The van der Waals surface area contributed by atoms with Gasteiger partial charge in [-0.25, -0.2) is 4.39 Å². The van der Waals surface area contributed by atoms with Gasteiger partial charge in [0.2, 0.25) is 0 Å². The Kier molecular flexibility index (Phi) is 7.40. The Morgan fingerprint density at radius 3 is 2.77 bits per heavy atom. The molecular weight excluding hydrogens is 391 g/mol. The quantitative estimate of drug-likeness (QED) is 0.247. The van der Waals surface area contributed by atoms with Gasteiger partial charge in [-0.15, -0.1) is 0 Å². The van der Waals surface area contributed by atoms with Gasteiger partial charge in [-0.3, -0.25) is 0 Å². The summed E-state index contributed by atoms with van der Waals surface area (Å²) >= 11 is 0. The Hall–Kier alpha value is -3.21. The van der Waals surface area contributed by atoms with Crippen molar-refractivity contribution in [1.29, 1.82) is 0 Å². The number of aliphatic hydroxyl groups is 1. The van der Waals surface area contributed by atoms with E-state index in [4.69, 9.17) is 4.74 Å². The number of halogens is 1. The molecule has 2 aromatic rings. The van der Waals surface area contributed by atoms with Crippen molar-refractivity contribution in [2.24, 2.45) is 0 Å². The third-order valence-electron chi connectivity index (χ3n) is 5.51. The van der Waals surface area contributed by atoms with Gasteiger partial charge in [-0.05, 0) is 68.9 Å². The van der Waals surface area contributed by atoms with Gasteiger partial charge >= 0.3 is 0 Å². The number of rotatable bonds is 7. The first kappa shape index (κ1) is 22.5. The maximum atomic E-state index is 14.4. The van der Waals surface area contributed by atoms with Crippen LogP contribution in [0, 0.1) is 5.82 Å². The number of methoxy groups -OCH3 is 1. The van der Waals surface area contributed by atoms with Gasteiger partial charge in [0.25, 0.3) is 0 Å². The number of nitrogens with one attached hydrogen (secondary N) is 2. The second-order valence-corrected chi connectivity index (χ2v) is 7.51. The number of H-pyrrole nitrogens is 1. The van der Waals surface area contributed by atoms with Crippen molar-refractivity contribution >= 4 is 22.5 Å². The molecule has 31 heavy (non-hydrogen) atoms. The molecule has 5 heteroatoms. The summed E-state index contributed by atoms with van der Waals surface area (Å²) in [6.45, 7) is 7.72. The highest BCUT2D eigenvalue weighted by molar-refractivity contribution is 5.93. The smallest absolute Gasteiger partial charge is 0.177 e. The molecule has 0 fully saturated rings. The van der Waals surface area contributed by atoms with E-state index in [1.807, 2.05) is 0 Å². The van der Waals surface area contributed by atoms with Gasteiger partial charge in [0, 0.05) is 16.8 Å². The van der Waals surface area contributed by atoms with Crippen molar-refractivity contribution < 1.29 is 14.2 Å². The predicted octanol–water partition coefficient (Wildman–Crippen LogP) is 7.46. The number of aromatic amines is 1. The van der Waals surface area contributed by atoms with Crippen molar-refractivity contribution in [3.05, 3.63) is 77.6 Å². The molecule has 3 N–H and O–H groups in total. The number of hydrogen-bond acceptors (Lipinski definition) is 3. The summed E-state index contributed by atoms with van der Waals surface area (Å²) in [5.41, 5.74) is 6.18. The summed E-state index contributed by atoms with van der Waals surface area (Å²) in [6, 6.07) is 4.81. The van der Waals surface area contributed by atoms with E-state index in [2.05, 4.69) is 29.9 Å². The number of fused-ring (bicyclic) bond motifs is 1. The summed E-state index contributed by atoms with van der Waals surface area (Å²) in [5.74, 6) is -0.132. The molecule has 0 radical (unpaired) electrons. The van der Waals surface area contributed by atoms with Crippen LogP contribution in [0.4, 0.5) is 15.8 Å². The Bertz CT molecular complexity index is 1040. The summed E-state index contributed by atoms with van der Waals surface area (Å²) < 4.78 is 19.7. The molecule has 0 saturated heterocycles. The molecule has 3 rings (SSSR count). The Labute approximate surface area is 183 Å². The molecule has 0 aliphatic heterocycles. The van der Waals surface area contributed by atoms with Crippen LogP contribution in [0.3, 0.4) is 0 Å². The van der Waals surface area contributed by atoms with Crippen molar-refractivity contribution in [3.8, 4) is 5.75 Å². The minimum Gasteiger partial charge on any atom is -0.508 e. The lowest BCUT2D eigenvalue weighted by molar-refractivity contribution is 0.388.